The van der Waals surface area contributed by atoms with Gasteiger partial charge in [-0.2, -0.15) is 0 Å². The fourth-order valence-corrected chi connectivity index (χ4v) is 2.40. The number of aromatic nitrogens is 1. The monoisotopic (exact) mass is 227 g/mol. The number of fused-ring (bicyclic) bond motifs is 1. The van der Waals surface area contributed by atoms with Crippen molar-refractivity contribution in [2.75, 3.05) is 18.5 Å². The van der Waals surface area contributed by atoms with E-state index in [4.69, 9.17) is 0 Å². The Bertz CT molecular complexity index is 498. The van der Waals surface area contributed by atoms with Gasteiger partial charge in [-0.25, -0.2) is 5.01 Å². The lowest BCUT2D eigenvalue weighted by Gasteiger charge is -2.28. The number of nitrogens with zero attached hydrogens (tertiary/aromatic N) is 2. The van der Waals surface area contributed by atoms with Crippen molar-refractivity contribution in [1.29, 1.82) is 0 Å². The third-order valence-electron chi connectivity index (χ3n) is 3.32. The van der Waals surface area contributed by atoms with Crippen LogP contribution in [0, 0.1) is 0 Å². The van der Waals surface area contributed by atoms with E-state index in [2.05, 4.69) is 39.7 Å². The molecule has 1 aromatic heterocycles. The Morgan fingerprint density at radius 3 is 2.82 bits per heavy atom. The summed E-state index contributed by atoms with van der Waals surface area (Å²) in [6, 6.07) is 8.39. The van der Waals surface area contributed by atoms with Crippen molar-refractivity contribution >= 4 is 16.5 Å². The Labute approximate surface area is 101 Å². The lowest BCUT2D eigenvalue weighted by molar-refractivity contribution is 0.273. The minimum Gasteiger partial charge on any atom is -0.318 e. The predicted octanol–water partition coefficient (Wildman–Crippen LogP) is 3.05. The highest BCUT2D eigenvalue weighted by molar-refractivity contribution is 5.92. The Morgan fingerprint density at radius 2 is 1.94 bits per heavy atom. The van der Waals surface area contributed by atoms with Crippen molar-refractivity contribution in [1.82, 2.24) is 9.99 Å². The van der Waals surface area contributed by atoms with Crippen LogP contribution in [0.2, 0.25) is 0 Å². The third kappa shape index (κ3) is 2.24. The molecule has 0 atom stereocenters. The molecular formula is C14H17N3. The van der Waals surface area contributed by atoms with E-state index < -0.39 is 0 Å². The lowest BCUT2D eigenvalue weighted by Crippen LogP contribution is -2.34. The van der Waals surface area contributed by atoms with Gasteiger partial charge >= 0.3 is 0 Å². The Balaban J connectivity index is 1.89. The van der Waals surface area contributed by atoms with E-state index in [1.54, 1.807) is 0 Å². The van der Waals surface area contributed by atoms with Gasteiger partial charge in [0.25, 0.3) is 0 Å². The molecule has 0 bridgehead atoms. The molecule has 3 heteroatoms. The molecule has 0 spiro atoms. The lowest BCUT2D eigenvalue weighted by atomic mass is 10.1. The first-order chi connectivity index (χ1) is 8.43. The zero-order valence-corrected chi connectivity index (χ0v) is 9.89. The van der Waals surface area contributed by atoms with E-state index in [0.29, 0.717) is 0 Å². The van der Waals surface area contributed by atoms with Gasteiger partial charge < -0.3 is 5.43 Å². The number of piperidine rings is 1. The maximum absolute atomic E-state index is 4.16. The number of rotatable bonds is 2. The zero-order chi connectivity index (χ0) is 11.5. The number of benzene rings is 1. The van der Waals surface area contributed by atoms with Crippen LogP contribution in [0.25, 0.3) is 10.8 Å². The molecule has 17 heavy (non-hydrogen) atoms. The van der Waals surface area contributed by atoms with Gasteiger partial charge in [0.05, 0.1) is 5.69 Å². The topological polar surface area (TPSA) is 28.2 Å². The maximum atomic E-state index is 4.16. The first-order valence-electron chi connectivity index (χ1n) is 6.28. The fraction of sp³-hybridized carbons (Fsp3) is 0.357. The standard InChI is InChI=1S/C14H17N3/c1-2-9-17(10-3-1)16-14-6-4-5-12-11-15-8-7-13(12)14/h4-8,11,16H,1-3,9-10H2. The summed E-state index contributed by atoms with van der Waals surface area (Å²) in [6.07, 6.45) is 7.71. The van der Waals surface area contributed by atoms with Gasteiger partial charge in [-0.15, -0.1) is 0 Å². The number of hydrogen-bond acceptors (Lipinski definition) is 3. The maximum Gasteiger partial charge on any atom is 0.0569 e. The summed E-state index contributed by atoms with van der Waals surface area (Å²) in [6.45, 7) is 2.28. The number of pyridine rings is 1. The SMILES string of the molecule is c1cc(NN2CCCCC2)c2ccncc2c1. The minimum absolute atomic E-state index is 1.14. The van der Waals surface area contributed by atoms with Crippen LogP contribution in [-0.2, 0) is 0 Å². The van der Waals surface area contributed by atoms with E-state index >= 15 is 0 Å². The molecule has 0 amide bonds. The summed E-state index contributed by atoms with van der Waals surface area (Å²) in [5.74, 6) is 0. The average Bonchev–Trinajstić information content (AvgIpc) is 2.40. The van der Waals surface area contributed by atoms with Crippen LogP contribution in [-0.4, -0.2) is 23.1 Å². The largest absolute Gasteiger partial charge is 0.318 e. The molecule has 0 aliphatic carbocycles. The van der Waals surface area contributed by atoms with Crippen LogP contribution in [0.3, 0.4) is 0 Å². The highest BCUT2D eigenvalue weighted by atomic mass is 15.5. The van der Waals surface area contributed by atoms with Crippen molar-refractivity contribution in [2.24, 2.45) is 0 Å². The van der Waals surface area contributed by atoms with Crippen molar-refractivity contribution in [3.63, 3.8) is 0 Å². The molecule has 1 aliphatic rings. The average molecular weight is 227 g/mol. The van der Waals surface area contributed by atoms with Gasteiger partial charge in [-0.1, -0.05) is 18.6 Å². The molecule has 3 rings (SSSR count). The second-order valence-electron chi connectivity index (χ2n) is 4.56. The molecule has 2 heterocycles. The smallest absolute Gasteiger partial charge is 0.0569 e. The first-order valence-corrected chi connectivity index (χ1v) is 6.28. The summed E-state index contributed by atoms with van der Waals surface area (Å²) in [4.78, 5) is 4.16. The number of nitrogens with one attached hydrogen (secondary N) is 1. The minimum atomic E-state index is 1.14. The fourth-order valence-electron chi connectivity index (χ4n) is 2.40. The second-order valence-corrected chi connectivity index (χ2v) is 4.56. The summed E-state index contributed by atoms with van der Waals surface area (Å²) < 4.78 is 0. The van der Waals surface area contributed by atoms with Crippen LogP contribution in [0.5, 0.6) is 0 Å². The summed E-state index contributed by atoms with van der Waals surface area (Å²) in [7, 11) is 0. The molecule has 0 radical (unpaired) electrons. The van der Waals surface area contributed by atoms with Crippen LogP contribution < -0.4 is 5.43 Å². The molecule has 3 nitrogen and oxygen atoms in total. The normalized spacial score (nSPS) is 17.2. The highest BCUT2D eigenvalue weighted by Gasteiger charge is 2.10. The molecule has 0 saturated carbocycles. The number of anilines is 1. The van der Waals surface area contributed by atoms with Crippen LogP contribution in [0.15, 0.2) is 36.7 Å². The Kier molecular flexibility index (Phi) is 2.92. The number of hydrazine groups is 1. The van der Waals surface area contributed by atoms with Crippen LogP contribution in [0.4, 0.5) is 5.69 Å². The number of hydrogen-bond donors (Lipinski definition) is 1. The first kappa shape index (κ1) is 10.5. The van der Waals surface area contributed by atoms with Crippen molar-refractivity contribution in [3.8, 4) is 0 Å². The Morgan fingerprint density at radius 1 is 1.06 bits per heavy atom. The van der Waals surface area contributed by atoms with Crippen molar-refractivity contribution in [3.05, 3.63) is 36.7 Å². The summed E-state index contributed by atoms with van der Waals surface area (Å²) in [5.41, 5.74) is 4.72. The highest BCUT2D eigenvalue weighted by Crippen LogP contribution is 2.23. The van der Waals surface area contributed by atoms with Crippen molar-refractivity contribution in [2.45, 2.75) is 19.3 Å². The van der Waals surface area contributed by atoms with E-state index in [1.807, 2.05) is 12.4 Å². The van der Waals surface area contributed by atoms with Gasteiger partial charge in [-0.05, 0) is 25.0 Å². The molecule has 1 fully saturated rings. The molecule has 2 aromatic rings. The zero-order valence-electron chi connectivity index (χ0n) is 9.89. The van der Waals surface area contributed by atoms with Crippen LogP contribution in [0.1, 0.15) is 19.3 Å². The molecule has 88 valence electrons. The van der Waals surface area contributed by atoms with Gasteiger partial charge in [-0.3, -0.25) is 4.98 Å². The van der Waals surface area contributed by atoms with Gasteiger partial charge in [0.2, 0.25) is 0 Å². The van der Waals surface area contributed by atoms with Crippen LogP contribution >= 0.6 is 0 Å². The van der Waals surface area contributed by atoms with Crippen molar-refractivity contribution < 1.29 is 0 Å². The van der Waals surface area contributed by atoms with E-state index in [1.165, 1.54) is 35.7 Å². The molecule has 1 saturated heterocycles. The third-order valence-corrected chi connectivity index (χ3v) is 3.32. The molecular weight excluding hydrogens is 210 g/mol. The molecule has 1 aromatic carbocycles. The van der Waals surface area contributed by atoms with E-state index in [-0.39, 0.29) is 0 Å². The molecule has 1 aliphatic heterocycles. The predicted molar refractivity (Wildman–Crippen MR) is 70.8 cm³/mol. The van der Waals surface area contributed by atoms with E-state index in [0.717, 1.165) is 13.1 Å². The van der Waals surface area contributed by atoms with Gasteiger partial charge in [0.1, 0.15) is 0 Å². The second kappa shape index (κ2) is 4.72. The van der Waals surface area contributed by atoms with Gasteiger partial charge in [0.15, 0.2) is 0 Å². The van der Waals surface area contributed by atoms with E-state index in [9.17, 15) is 0 Å². The summed E-state index contributed by atoms with van der Waals surface area (Å²) in [5, 5.41) is 4.75. The quantitative estimate of drug-likeness (QED) is 0.854. The molecule has 1 N–H and O–H groups in total. The molecule has 0 unspecified atom stereocenters. The Hall–Kier alpha value is -1.61. The summed E-state index contributed by atoms with van der Waals surface area (Å²) >= 11 is 0. The van der Waals surface area contributed by atoms with Gasteiger partial charge in [0, 0.05) is 36.3 Å².